The quantitative estimate of drug-likeness (QED) is 0.463. The Morgan fingerprint density at radius 2 is 2.06 bits per heavy atom. The predicted molar refractivity (Wildman–Crippen MR) is 60.9 cm³/mol. The first kappa shape index (κ1) is 14.3. The minimum absolute atomic E-state index is 0.272. The fourth-order valence-corrected chi connectivity index (χ4v) is 1.01. The van der Waals surface area contributed by atoms with Gasteiger partial charge >= 0.3 is 12.0 Å². The van der Waals surface area contributed by atoms with Crippen molar-refractivity contribution in [2.24, 2.45) is 5.92 Å². The lowest BCUT2D eigenvalue weighted by atomic mass is 10.1. The fraction of sp³-hybridized carbons (Fsp3) is 0.636. The summed E-state index contributed by atoms with van der Waals surface area (Å²) in [5.74, 6) is 4.19. The van der Waals surface area contributed by atoms with Crippen LogP contribution >= 0.6 is 0 Å². The van der Waals surface area contributed by atoms with Gasteiger partial charge in [0.1, 0.15) is 0 Å². The Labute approximate surface area is 95.6 Å². The topological polar surface area (TPSA) is 78.4 Å². The summed E-state index contributed by atoms with van der Waals surface area (Å²) < 4.78 is 0. The summed E-state index contributed by atoms with van der Waals surface area (Å²) in [5, 5.41) is 13.8. The van der Waals surface area contributed by atoms with Gasteiger partial charge < -0.3 is 15.7 Å². The van der Waals surface area contributed by atoms with Gasteiger partial charge in [0.2, 0.25) is 0 Å². The molecule has 1 unspecified atom stereocenters. The molecule has 0 aromatic heterocycles. The van der Waals surface area contributed by atoms with E-state index in [0.29, 0.717) is 25.9 Å². The molecule has 0 spiro atoms. The summed E-state index contributed by atoms with van der Waals surface area (Å²) in [4.78, 5) is 21.6. The van der Waals surface area contributed by atoms with Crippen LogP contribution < -0.4 is 10.6 Å². The number of carbonyl (C=O) groups is 2. The zero-order valence-electron chi connectivity index (χ0n) is 9.67. The van der Waals surface area contributed by atoms with Crippen LogP contribution in [0, 0.1) is 17.8 Å². The molecule has 0 aliphatic rings. The fourth-order valence-electron chi connectivity index (χ4n) is 1.01. The molecule has 0 radical (unpaired) electrons. The average Bonchev–Trinajstić information content (AvgIpc) is 2.24. The Bertz CT molecular complexity index is 291. The summed E-state index contributed by atoms with van der Waals surface area (Å²) in [6.07, 6.45) is 1.21. The summed E-state index contributed by atoms with van der Waals surface area (Å²) in [6.45, 7) is 4.16. The van der Waals surface area contributed by atoms with E-state index in [-0.39, 0.29) is 11.9 Å². The lowest BCUT2D eigenvalue weighted by Crippen LogP contribution is -2.36. The highest BCUT2D eigenvalue weighted by atomic mass is 16.4. The number of carboxylic acid groups (broad SMARTS) is 1. The smallest absolute Gasteiger partial charge is 0.315 e. The third-order valence-electron chi connectivity index (χ3n) is 2.04. The number of hydrogen-bond donors (Lipinski definition) is 3. The van der Waals surface area contributed by atoms with Gasteiger partial charge in [-0.2, -0.15) is 0 Å². The van der Waals surface area contributed by atoms with Crippen molar-refractivity contribution in [3.05, 3.63) is 0 Å². The molecule has 0 saturated heterocycles. The van der Waals surface area contributed by atoms with Gasteiger partial charge in [-0.15, -0.1) is 5.92 Å². The van der Waals surface area contributed by atoms with Crippen LogP contribution in [-0.2, 0) is 4.79 Å². The Balaban J connectivity index is 3.46. The molecular formula is C11H18N2O3. The number of carbonyl (C=O) groups excluding carboxylic acids is 1. The zero-order chi connectivity index (χ0) is 12.4. The van der Waals surface area contributed by atoms with E-state index in [9.17, 15) is 9.59 Å². The molecule has 0 bridgehead atoms. The van der Waals surface area contributed by atoms with Gasteiger partial charge in [-0.05, 0) is 19.8 Å². The summed E-state index contributed by atoms with van der Waals surface area (Å²) >= 11 is 0. The number of nitrogens with one attached hydrogen (secondary N) is 2. The molecule has 16 heavy (non-hydrogen) atoms. The number of rotatable bonds is 6. The highest BCUT2D eigenvalue weighted by Crippen LogP contribution is 2.03. The molecule has 0 aliphatic carbocycles. The molecule has 5 nitrogen and oxygen atoms in total. The maximum Gasteiger partial charge on any atom is 0.315 e. The van der Waals surface area contributed by atoms with E-state index >= 15 is 0 Å². The van der Waals surface area contributed by atoms with Crippen molar-refractivity contribution < 1.29 is 14.7 Å². The van der Waals surface area contributed by atoms with Crippen LogP contribution in [0.15, 0.2) is 0 Å². The Morgan fingerprint density at radius 1 is 1.38 bits per heavy atom. The van der Waals surface area contributed by atoms with Crippen molar-refractivity contribution in [1.29, 1.82) is 0 Å². The number of amides is 2. The van der Waals surface area contributed by atoms with Crippen LogP contribution in [-0.4, -0.2) is 30.2 Å². The monoisotopic (exact) mass is 226 g/mol. The summed E-state index contributed by atoms with van der Waals surface area (Å²) in [6, 6.07) is -0.272. The maximum absolute atomic E-state index is 11.1. The van der Waals surface area contributed by atoms with Crippen molar-refractivity contribution >= 4 is 12.0 Å². The van der Waals surface area contributed by atoms with E-state index in [2.05, 4.69) is 22.5 Å². The second kappa shape index (κ2) is 8.60. The highest BCUT2D eigenvalue weighted by molar-refractivity contribution is 5.74. The Hall–Kier alpha value is -1.70. The van der Waals surface area contributed by atoms with Gasteiger partial charge in [-0.1, -0.05) is 12.8 Å². The number of carboxylic acids is 1. The van der Waals surface area contributed by atoms with Crippen LogP contribution in [0.25, 0.3) is 0 Å². The molecular weight excluding hydrogens is 208 g/mol. The van der Waals surface area contributed by atoms with E-state index in [4.69, 9.17) is 5.11 Å². The van der Waals surface area contributed by atoms with Gasteiger partial charge in [-0.25, -0.2) is 4.79 Å². The molecule has 0 aromatic carbocycles. The second-order valence-corrected chi connectivity index (χ2v) is 3.42. The molecule has 0 saturated carbocycles. The van der Waals surface area contributed by atoms with Crippen LogP contribution in [0.2, 0.25) is 0 Å². The Morgan fingerprint density at radius 3 is 2.62 bits per heavy atom. The number of hydrogen-bond acceptors (Lipinski definition) is 2. The number of urea groups is 1. The zero-order valence-corrected chi connectivity index (χ0v) is 9.67. The van der Waals surface area contributed by atoms with Gasteiger partial charge in [0.15, 0.2) is 0 Å². The molecule has 3 N–H and O–H groups in total. The van der Waals surface area contributed by atoms with Crippen molar-refractivity contribution in [3.8, 4) is 11.8 Å². The first-order valence-electron chi connectivity index (χ1n) is 5.22. The van der Waals surface area contributed by atoms with E-state index < -0.39 is 5.97 Å². The van der Waals surface area contributed by atoms with E-state index in [0.717, 1.165) is 0 Å². The van der Waals surface area contributed by atoms with Gasteiger partial charge in [0, 0.05) is 6.54 Å². The predicted octanol–water partition coefficient (Wildman–Crippen LogP) is 0.810. The Kier molecular flexibility index (Phi) is 7.68. The van der Waals surface area contributed by atoms with Crippen LogP contribution in [0.1, 0.15) is 26.7 Å². The molecule has 2 amide bonds. The molecule has 90 valence electrons. The number of aliphatic carboxylic acids is 1. The lowest BCUT2D eigenvalue weighted by molar-refractivity contribution is -0.141. The second-order valence-electron chi connectivity index (χ2n) is 3.42. The average molecular weight is 226 g/mol. The highest BCUT2D eigenvalue weighted by Gasteiger charge is 2.09. The van der Waals surface area contributed by atoms with Gasteiger partial charge in [-0.3, -0.25) is 4.79 Å². The van der Waals surface area contributed by atoms with Crippen LogP contribution in [0.5, 0.6) is 0 Å². The van der Waals surface area contributed by atoms with Crippen molar-refractivity contribution in [1.82, 2.24) is 10.6 Å². The minimum atomic E-state index is -0.803. The van der Waals surface area contributed by atoms with Gasteiger partial charge in [0.25, 0.3) is 0 Å². The van der Waals surface area contributed by atoms with E-state index in [1.807, 2.05) is 0 Å². The first-order valence-corrected chi connectivity index (χ1v) is 5.22. The third-order valence-corrected chi connectivity index (χ3v) is 2.04. The summed E-state index contributed by atoms with van der Waals surface area (Å²) in [7, 11) is 0. The summed E-state index contributed by atoms with van der Waals surface area (Å²) in [5.41, 5.74) is 0. The maximum atomic E-state index is 11.1. The minimum Gasteiger partial charge on any atom is -0.481 e. The van der Waals surface area contributed by atoms with Crippen LogP contribution in [0.3, 0.4) is 0 Å². The molecule has 0 fully saturated rings. The van der Waals surface area contributed by atoms with Gasteiger partial charge in [0.05, 0.1) is 12.5 Å². The molecule has 0 aliphatic heterocycles. The normalized spacial score (nSPS) is 10.9. The van der Waals surface area contributed by atoms with Crippen LogP contribution in [0.4, 0.5) is 4.79 Å². The molecule has 0 rings (SSSR count). The van der Waals surface area contributed by atoms with Crippen molar-refractivity contribution in [2.75, 3.05) is 13.1 Å². The van der Waals surface area contributed by atoms with E-state index in [1.54, 1.807) is 13.8 Å². The largest absolute Gasteiger partial charge is 0.481 e. The van der Waals surface area contributed by atoms with E-state index in [1.165, 1.54) is 0 Å². The van der Waals surface area contributed by atoms with Crippen molar-refractivity contribution in [3.63, 3.8) is 0 Å². The SMILES string of the molecule is CC#CCNC(=O)NCCCC(C)C(=O)O. The standard InChI is InChI=1S/C11H18N2O3/c1-3-4-7-12-11(16)13-8-5-6-9(2)10(14)15/h9H,5-8H2,1-2H3,(H,14,15)(H2,12,13,16). The molecule has 0 aromatic rings. The third kappa shape index (κ3) is 7.68. The molecule has 5 heteroatoms. The molecule has 0 heterocycles. The lowest BCUT2D eigenvalue weighted by Gasteiger charge is -2.07. The van der Waals surface area contributed by atoms with Crippen molar-refractivity contribution in [2.45, 2.75) is 26.7 Å². The first-order chi connectivity index (χ1) is 7.57. The molecule has 1 atom stereocenters.